The first-order valence-corrected chi connectivity index (χ1v) is 9.00. The Hall–Kier alpha value is -0.820. The highest BCUT2D eigenvalue weighted by Gasteiger charge is 2.26. The lowest BCUT2D eigenvalue weighted by Gasteiger charge is -2.31. The number of anilines is 1. The number of likely N-dealkylation sites (tertiary alicyclic amines) is 1. The van der Waals surface area contributed by atoms with Crippen molar-refractivity contribution in [2.75, 3.05) is 25.4 Å². The molecule has 1 fully saturated rings. The number of sulfonamides is 1. The van der Waals surface area contributed by atoms with Gasteiger partial charge in [0.2, 0.25) is 10.0 Å². The molecule has 3 N–H and O–H groups in total. The summed E-state index contributed by atoms with van der Waals surface area (Å²) in [5, 5.41) is 0.209. The molecule has 0 bridgehead atoms. The van der Waals surface area contributed by atoms with Crippen molar-refractivity contribution in [2.45, 2.75) is 37.6 Å². The second-order valence-electron chi connectivity index (χ2n) is 5.47. The summed E-state index contributed by atoms with van der Waals surface area (Å²) in [5.41, 5.74) is 7.00. The molecule has 21 heavy (non-hydrogen) atoms. The van der Waals surface area contributed by atoms with Crippen LogP contribution in [-0.2, 0) is 10.0 Å². The van der Waals surface area contributed by atoms with E-state index in [0.717, 1.165) is 38.0 Å². The Kier molecular flexibility index (Phi) is 5.14. The molecule has 7 heteroatoms. The maximum absolute atomic E-state index is 12.5. The SMILES string of the molecule is CCN1CCC(NS(=O)(=O)c2cc(N)c(C)cc2Cl)CC1. The standard InChI is InChI=1S/C14H22ClN3O2S/c1-3-18-6-4-11(5-7-18)17-21(19,20)14-9-13(16)10(2)8-12(14)15/h8-9,11,17H,3-7,16H2,1-2H3. The van der Waals surface area contributed by atoms with Gasteiger partial charge in [0.05, 0.1) is 5.02 Å². The number of rotatable bonds is 4. The van der Waals surface area contributed by atoms with Crippen molar-refractivity contribution in [3.8, 4) is 0 Å². The fourth-order valence-electron chi connectivity index (χ4n) is 2.52. The minimum absolute atomic E-state index is 0.0450. The first-order valence-electron chi connectivity index (χ1n) is 7.13. The molecular formula is C14H22ClN3O2S. The van der Waals surface area contributed by atoms with E-state index in [-0.39, 0.29) is 16.0 Å². The molecule has 0 spiro atoms. The molecule has 2 rings (SSSR count). The lowest BCUT2D eigenvalue weighted by atomic mass is 10.1. The van der Waals surface area contributed by atoms with Crippen molar-refractivity contribution in [3.63, 3.8) is 0 Å². The minimum Gasteiger partial charge on any atom is -0.398 e. The second-order valence-corrected chi connectivity index (χ2v) is 7.56. The summed E-state index contributed by atoms with van der Waals surface area (Å²) in [6.45, 7) is 6.73. The van der Waals surface area contributed by atoms with E-state index in [2.05, 4.69) is 16.5 Å². The molecule has 0 unspecified atom stereocenters. The number of piperidine rings is 1. The van der Waals surface area contributed by atoms with Crippen LogP contribution in [0.3, 0.4) is 0 Å². The maximum atomic E-state index is 12.5. The summed E-state index contributed by atoms with van der Waals surface area (Å²) >= 11 is 6.07. The first-order chi connectivity index (χ1) is 9.83. The van der Waals surface area contributed by atoms with Crippen LogP contribution in [0, 0.1) is 6.92 Å². The van der Waals surface area contributed by atoms with Gasteiger partial charge in [0.25, 0.3) is 0 Å². The molecule has 5 nitrogen and oxygen atoms in total. The predicted molar refractivity (Wildman–Crippen MR) is 86.1 cm³/mol. The molecule has 0 aromatic heterocycles. The number of nitrogen functional groups attached to an aromatic ring is 1. The Balaban J connectivity index is 2.14. The van der Waals surface area contributed by atoms with E-state index in [1.807, 2.05) is 0 Å². The van der Waals surface area contributed by atoms with Crippen LogP contribution < -0.4 is 10.5 Å². The molecule has 0 amide bonds. The molecule has 1 aliphatic rings. The van der Waals surface area contributed by atoms with Crippen LogP contribution in [0.15, 0.2) is 17.0 Å². The van der Waals surface area contributed by atoms with Gasteiger partial charge in [0.1, 0.15) is 4.90 Å². The third-order valence-electron chi connectivity index (χ3n) is 3.97. The van der Waals surface area contributed by atoms with Crippen molar-refractivity contribution in [2.24, 2.45) is 0 Å². The zero-order valence-corrected chi connectivity index (χ0v) is 14.0. The van der Waals surface area contributed by atoms with Crippen LogP contribution >= 0.6 is 11.6 Å². The summed E-state index contributed by atoms with van der Waals surface area (Å²) in [7, 11) is -3.63. The van der Waals surface area contributed by atoms with Crippen LogP contribution in [0.2, 0.25) is 5.02 Å². The predicted octanol–water partition coefficient (Wildman–Crippen LogP) is 1.99. The van der Waals surface area contributed by atoms with Crippen molar-refractivity contribution >= 4 is 27.3 Å². The fraction of sp³-hybridized carbons (Fsp3) is 0.571. The van der Waals surface area contributed by atoms with Crippen LogP contribution in [-0.4, -0.2) is 39.0 Å². The van der Waals surface area contributed by atoms with Gasteiger partial charge in [-0.25, -0.2) is 13.1 Å². The molecule has 1 aromatic carbocycles. The fourth-order valence-corrected chi connectivity index (χ4v) is 4.45. The zero-order valence-electron chi connectivity index (χ0n) is 12.4. The third-order valence-corrected chi connectivity index (χ3v) is 5.95. The van der Waals surface area contributed by atoms with Gasteiger partial charge in [-0.05, 0) is 57.1 Å². The van der Waals surface area contributed by atoms with Crippen LogP contribution in [0.5, 0.6) is 0 Å². The van der Waals surface area contributed by atoms with E-state index in [1.165, 1.54) is 6.07 Å². The summed E-state index contributed by atoms with van der Waals surface area (Å²) in [6, 6.07) is 2.98. The number of halogens is 1. The summed E-state index contributed by atoms with van der Waals surface area (Å²) in [4.78, 5) is 2.37. The highest BCUT2D eigenvalue weighted by Crippen LogP contribution is 2.27. The van der Waals surface area contributed by atoms with E-state index < -0.39 is 10.0 Å². The second kappa shape index (κ2) is 6.52. The Morgan fingerprint density at radius 1 is 1.38 bits per heavy atom. The minimum atomic E-state index is -3.63. The third kappa shape index (κ3) is 3.88. The zero-order chi connectivity index (χ0) is 15.6. The van der Waals surface area contributed by atoms with Gasteiger partial charge in [0, 0.05) is 11.7 Å². The quantitative estimate of drug-likeness (QED) is 0.827. The van der Waals surface area contributed by atoms with E-state index in [0.29, 0.717) is 5.69 Å². The highest BCUT2D eigenvalue weighted by molar-refractivity contribution is 7.89. The van der Waals surface area contributed by atoms with Gasteiger partial charge in [-0.1, -0.05) is 18.5 Å². The number of benzene rings is 1. The number of nitrogens with two attached hydrogens (primary N) is 1. The Morgan fingerprint density at radius 3 is 2.57 bits per heavy atom. The monoisotopic (exact) mass is 331 g/mol. The molecule has 0 saturated carbocycles. The summed E-state index contributed by atoms with van der Waals surface area (Å²) < 4.78 is 27.7. The number of hydrogen-bond donors (Lipinski definition) is 2. The first kappa shape index (κ1) is 16.5. The molecular weight excluding hydrogens is 310 g/mol. The smallest absolute Gasteiger partial charge is 0.242 e. The van der Waals surface area contributed by atoms with Crippen molar-refractivity contribution < 1.29 is 8.42 Å². The number of hydrogen-bond acceptors (Lipinski definition) is 4. The van der Waals surface area contributed by atoms with E-state index in [1.54, 1.807) is 13.0 Å². The van der Waals surface area contributed by atoms with Gasteiger partial charge >= 0.3 is 0 Å². The summed E-state index contributed by atoms with van der Waals surface area (Å²) in [6.07, 6.45) is 1.62. The largest absolute Gasteiger partial charge is 0.398 e. The van der Waals surface area contributed by atoms with Crippen molar-refractivity contribution in [3.05, 3.63) is 22.7 Å². The Labute approximate surface area is 131 Å². The molecule has 118 valence electrons. The molecule has 1 aliphatic heterocycles. The van der Waals surface area contributed by atoms with E-state index in [4.69, 9.17) is 17.3 Å². The van der Waals surface area contributed by atoms with Crippen LogP contribution in [0.4, 0.5) is 5.69 Å². The van der Waals surface area contributed by atoms with Gasteiger partial charge in [-0.15, -0.1) is 0 Å². The molecule has 0 radical (unpaired) electrons. The van der Waals surface area contributed by atoms with Gasteiger partial charge in [-0.3, -0.25) is 0 Å². The van der Waals surface area contributed by atoms with Gasteiger partial charge < -0.3 is 10.6 Å². The molecule has 0 aliphatic carbocycles. The highest BCUT2D eigenvalue weighted by atomic mass is 35.5. The van der Waals surface area contributed by atoms with E-state index in [9.17, 15) is 8.42 Å². The molecule has 1 aromatic rings. The summed E-state index contributed by atoms with van der Waals surface area (Å²) in [5.74, 6) is 0. The Bertz CT molecular complexity index is 611. The average molecular weight is 332 g/mol. The number of nitrogens with zero attached hydrogens (tertiary/aromatic N) is 1. The normalized spacial score (nSPS) is 18.0. The number of aryl methyl sites for hydroxylation is 1. The van der Waals surface area contributed by atoms with Crippen LogP contribution in [0.25, 0.3) is 0 Å². The lowest BCUT2D eigenvalue weighted by Crippen LogP contribution is -2.44. The molecule has 0 atom stereocenters. The maximum Gasteiger partial charge on any atom is 0.242 e. The average Bonchev–Trinajstić information content (AvgIpc) is 2.43. The topological polar surface area (TPSA) is 75.4 Å². The number of nitrogens with one attached hydrogen (secondary N) is 1. The molecule has 1 heterocycles. The Morgan fingerprint density at radius 2 is 2.00 bits per heavy atom. The van der Waals surface area contributed by atoms with Gasteiger partial charge in [0.15, 0.2) is 0 Å². The van der Waals surface area contributed by atoms with Crippen molar-refractivity contribution in [1.82, 2.24) is 9.62 Å². The van der Waals surface area contributed by atoms with Crippen LogP contribution in [0.1, 0.15) is 25.3 Å². The van der Waals surface area contributed by atoms with Gasteiger partial charge in [-0.2, -0.15) is 0 Å². The van der Waals surface area contributed by atoms with Crippen molar-refractivity contribution in [1.29, 1.82) is 0 Å². The van der Waals surface area contributed by atoms with E-state index >= 15 is 0 Å². The lowest BCUT2D eigenvalue weighted by molar-refractivity contribution is 0.217. The molecule has 1 saturated heterocycles.